The van der Waals surface area contributed by atoms with Crippen LogP contribution in [0.5, 0.6) is 0 Å². The number of likely N-dealkylation sites (tertiary alicyclic amines) is 1. The number of carbonyl (C=O) groups excluding carboxylic acids is 1. The molecule has 1 aliphatic rings. The molecular weight excluding hydrogens is 323 g/mol. The summed E-state index contributed by atoms with van der Waals surface area (Å²) in [5.41, 5.74) is 7.17. The van der Waals surface area contributed by atoms with Crippen LogP contribution >= 0.6 is 24.2 Å². The number of amides is 1. The highest BCUT2D eigenvalue weighted by molar-refractivity contribution is 7.97. The minimum Gasteiger partial charge on any atom is -0.338 e. The van der Waals surface area contributed by atoms with Crippen LogP contribution in [0.15, 0.2) is 18.2 Å². The average Bonchev–Trinajstić information content (AvgIpc) is 2.43. The lowest BCUT2D eigenvalue weighted by molar-refractivity contribution is 0.0533. The van der Waals surface area contributed by atoms with E-state index in [0.29, 0.717) is 30.0 Å². The zero-order chi connectivity index (χ0) is 15.6. The van der Waals surface area contributed by atoms with Crippen LogP contribution < -0.4 is 5.73 Å². The third kappa shape index (κ3) is 4.15. The van der Waals surface area contributed by atoms with Gasteiger partial charge in [0.25, 0.3) is 5.91 Å². The van der Waals surface area contributed by atoms with Gasteiger partial charge in [-0.05, 0) is 41.9 Å². The van der Waals surface area contributed by atoms with E-state index in [-0.39, 0.29) is 35.6 Å². The third-order valence-corrected chi connectivity index (χ3v) is 4.79. The van der Waals surface area contributed by atoms with Crippen molar-refractivity contribution in [3.63, 3.8) is 0 Å². The van der Waals surface area contributed by atoms with Gasteiger partial charge in [-0.2, -0.15) is 11.8 Å². The van der Waals surface area contributed by atoms with E-state index in [4.69, 9.17) is 5.73 Å². The molecule has 0 radical (unpaired) electrons. The first-order valence-corrected chi connectivity index (χ1v) is 8.57. The number of carbonyl (C=O) groups is 1. The van der Waals surface area contributed by atoms with E-state index in [9.17, 15) is 9.18 Å². The topological polar surface area (TPSA) is 46.3 Å². The molecular formula is C16H24ClFN2OS. The molecule has 3 nitrogen and oxygen atoms in total. The third-order valence-electron chi connectivity index (χ3n) is 4.19. The average molecular weight is 347 g/mol. The molecule has 22 heavy (non-hydrogen) atoms. The molecule has 1 atom stereocenters. The van der Waals surface area contributed by atoms with Crippen LogP contribution in [0, 0.1) is 11.2 Å². The van der Waals surface area contributed by atoms with Gasteiger partial charge in [0.05, 0.1) is 0 Å². The minimum absolute atomic E-state index is 0. The molecule has 1 heterocycles. The summed E-state index contributed by atoms with van der Waals surface area (Å²) in [6, 6.07) is 4.75. The Kier molecular flexibility index (Phi) is 6.71. The molecule has 2 rings (SSSR count). The minimum atomic E-state index is -0.248. The molecule has 0 bridgehead atoms. The van der Waals surface area contributed by atoms with Crippen molar-refractivity contribution in [3.05, 3.63) is 35.1 Å². The molecule has 1 fully saturated rings. The van der Waals surface area contributed by atoms with E-state index in [1.807, 2.05) is 11.2 Å². The van der Waals surface area contributed by atoms with Crippen LogP contribution in [-0.2, 0) is 5.75 Å². The zero-order valence-corrected chi connectivity index (χ0v) is 14.9. The number of nitrogens with zero attached hydrogens (tertiary/aromatic N) is 1. The van der Waals surface area contributed by atoms with Gasteiger partial charge in [0, 0.05) is 30.4 Å². The largest absolute Gasteiger partial charge is 0.338 e. The molecule has 1 saturated heterocycles. The van der Waals surface area contributed by atoms with Gasteiger partial charge in [-0.3, -0.25) is 4.79 Å². The fourth-order valence-corrected chi connectivity index (χ4v) is 3.24. The van der Waals surface area contributed by atoms with E-state index in [1.165, 1.54) is 6.07 Å². The summed E-state index contributed by atoms with van der Waals surface area (Å²) in [4.78, 5) is 14.5. The molecule has 1 aromatic rings. The predicted octanol–water partition coefficient (Wildman–Crippen LogP) is 3.31. The first-order chi connectivity index (χ1) is 9.85. The van der Waals surface area contributed by atoms with Gasteiger partial charge in [0.1, 0.15) is 5.82 Å². The number of nitrogens with two attached hydrogens (primary N) is 1. The second kappa shape index (κ2) is 7.66. The highest BCUT2D eigenvalue weighted by Gasteiger charge is 2.35. The molecule has 1 aromatic carbocycles. The lowest BCUT2D eigenvalue weighted by Crippen LogP contribution is -2.54. The Bertz CT molecular complexity index is 539. The molecule has 0 spiro atoms. The van der Waals surface area contributed by atoms with Crippen LogP contribution in [-0.4, -0.2) is 36.2 Å². The van der Waals surface area contributed by atoms with Crippen molar-refractivity contribution in [2.24, 2.45) is 11.1 Å². The standard InChI is InChI=1S/C16H23FN2OS.ClH/c1-16(2)10-19(7-6-14(16)18)15(20)11-4-5-13(17)12(8-11)9-21-3;/h4-5,8,14H,6-7,9-10,18H2,1-3H3;1H. The number of benzene rings is 1. The van der Waals surface area contributed by atoms with Crippen molar-refractivity contribution >= 4 is 30.1 Å². The zero-order valence-electron chi connectivity index (χ0n) is 13.3. The Hall–Kier alpha value is -0.780. The Morgan fingerprint density at radius 2 is 2.18 bits per heavy atom. The second-order valence-corrected chi connectivity index (χ2v) is 7.22. The van der Waals surface area contributed by atoms with Crippen molar-refractivity contribution in [2.75, 3.05) is 19.3 Å². The molecule has 0 saturated carbocycles. The van der Waals surface area contributed by atoms with Crippen LogP contribution in [0.25, 0.3) is 0 Å². The maximum absolute atomic E-state index is 13.7. The maximum atomic E-state index is 13.7. The van der Waals surface area contributed by atoms with Gasteiger partial charge in [0.2, 0.25) is 0 Å². The Labute approximate surface area is 142 Å². The summed E-state index contributed by atoms with van der Waals surface area (Å²) in [7, 11) is 0. The van der Waals surface area contributed by atoms with Crippen molar-refractivity contribution in [1.82, 2.24) is 4.90 Å². The predicted molar refractivity (Wildman–Crippen MR) is 93.1 cm³/mol. The van der Waals surface area contributed by atoms with Crippen molar-refractivity contribution < 1.29 is 9.18 Å². The van der Waals surface area contributed by atoms with Crippen LogP contribution in [0.4, 0.5) is 4.39 Å². The van der Waals surface area contributed by atoms with Gasteiger partial charge in [-0.15, -0.1) is 12.4 Å². The molecule has 6 heteroatoms. The van der Waals surface area contributed by atoms with E-state index in [2.05, 4.69) is 13.8 Å². The summed E-state index contributed by atoms with van der Waals surface area (Å²) in [5.74, 6) is 0.294. The quantitative estimate of drug-likeness (QED) is 0.913. The number of rotatable bonds is 3. The lowest BCUT2D eigenvalue weighted by Gasteiger charge is -2.42. The fraction of sp³-hybridized carbons (Fsp3) is 0.562. The molecule has 0 aromatic heterocycles. The number of thioether (sulfide) groups is 1. The first kappa shape index (κ1) is 19.3. The van der Waals surface area contributed by atoms with E-state index in [1.54, 1.807) is 23.9 Å². The van der Waals surface area contributed by atoms with Gasteiger partial charge >= 0.3 is 0 Å². The fourth-order valence-electron chi connectivity index (χ4n) is 2.70. The molecule has 1 aliphatic heterocycles. The van der Waals surface area contributed by atoms with Gasteiger partial charge < -0.3 is 10.6 Å². The number of hydrogen-bond donors (Lipinski definition) is 1. The molecule has 0 aliphatic carbocycles. The summed E-state index contributed by atoms with van der Waals surface area (Å²) >= 11 is 1.54. The SMILES string of the molecule is CSCc1cc(C(=O)N2CCC(N)C(C)(C)C2)ccc1F.Cl. The van der Waals surface area contributed by atoms with Crippen molar-refractivity contribution in [3.8, 4) is 0 Å². The highest BCUT2D eigenvalue weighted by Crippen LogP contribution is 2.29. The van der Waals surface area contributed by atoms with Crippen LogP contribution in [0.1, 0.15) is 36.2 Å². The first-order valence-electron chi connectivity index (χ1n) is 7.17. The normalized spacial score (nSPS) is 20.4. The Morgan fingerprint density at radius 3 is 2.77 bits per heavy atom. The Morgan fingerprint density at radius 1 is 1.50 bits per heavy atom. The van der Waals surface area contributed by atoms with Crippen LogP contribution in [0.3, 0.4) is 0 Å². The number of halogens is 2. The van der Waals surface area contributed by atoms with Crippen molar-refractivity contribution in [2.45, 2.75) is 32.1 Å². The Balaban J connectivity index is 0.00000242. The molecule has 2 N–H and O–H groups in total. The maximum Gasteiger partial charge on any atom is 0.253 e. The van der Waals surface area contributed by atoms with Gasteiger partial charge in [0.15, 0.2) is 0 Å². The van der Waals surface area contributed by atoms with Crippen molar-refractivity contribution in [1.29, 1.82) is 0 Å². The van der Waals surface area contributed by atoms with E-state index < -0.39 is 0 Å². The molecule has 1 unspecified atom stereocenters. The summed E-state index contributed by atoms with van der Waals surface area (Å²) in [6.45, 7) is 5.47. The van der Waals surface area contributed by atoms with E-state index in [0.717, 1.165) is 6.42 Å². The second-order valence-electron chi connectivity index (χ2n) is 6.35. The highest BCUT2D eigenvalue weighted by atomic mass is 35.5. The number of hydrogen-bond acceptors (Lipinski definition) is 3. The van der Waals surface area contributed by atoms with Gasteiger partial charge in [-0.1, -0.05) is 13.8 Å². The summed E-state index contributed by atoms with van der Waals surface area (Å²) in [6.07, 6.45) is 2.72. The van der Waals surface area contributed by atoms with Crippen LogP contribution in [0.2, 0.25) is 0 Å². The monoisotopic (exact) mass is 346 g/mol. The number of piperidine rings is 1. The smallest absolute Gasteiger partial charge is 0.253 e. The van der Waals surface area contributed by atoms with E-state index >= 15 is 0 Å². The lowest BCUT2D eigenvalue weighted by atomic mass is 9.79. The molecule has 124 valence electrons. The molecule has 1 amide bonds. The van der Waals surface area contributed by atoms with Gasteiger partial charge in [-0.25, -0.2) is 4.39 Å². The summed E-state index contributed by atoms with van der Waals surface area (Å²) in [5, 5.41) is 0. The summed E-state index contributed by atoms with van der Waals surface area (Å²) < 4.78 is 13.7.